The van der Waals surface area contributed by atoms with Crippen molar-refractivity contribution in [3.05, 3.63) is 35.5 Å². The maximum absolute atomic E-state index is 11.2. The maximum Gasteiger partial charge on any atom is 0.337 e. The Morgan fingerprint density at radius 2 is 2.24 bits per heavy atom. The van der Waals surface area contributed by atoms with E-state index in [4.69, 9.17) is 5.73 Å². The largest absolute Gasteiger partial charge is 0.478 e. The van der Waals surface area contributed by atoms with E-state index in [1.54, 1.807) is 12.1 Å². The van der Waals surface area contributed by atoms with Gasteiger partial charge in [0.1, 0.15) is 0 Å². The summed E-state index contributed by atoms with van der Waals surface area (Å²) in [5.74, 6) is -0.886. The molecular formula is C13H16N2O2. The number of hydrogen-bond donors (Lipinski definition) is 2. The number of nitrogens with two attached hydrogens (primary N) is 1. The van der Waals surface area contributed by atoms with Gasteiger partial charge >= 0.3 is 5.97 Å². The van der Waals surface area contributed by atoms with Gasteiger partial charge in [-0.15, -0.1) is 0 Å². The molecule has 17 heavy (non-hydrogen) atoms. The van der Waals surface area contributed by atoms with Gasteiger partial charge in [-0.2, -0.15) is 0 Å². The van der Waals surface area contributed by atoms with Crippen molar-refractivity contribution in [2.75, 3.05) is 6.54 Å². The quantitative estimate of drug-likeness (QED) is 0.845. The average Bonchev–Trinajstić information content (AvgIpc) is 2.68. The first kappa shape index (κ1) is 11.7. The number of benzene rings is 1. The monoisotopic (exact) mass is 232 g/mol. The molecule has 0 bridgehead atoms. The summed E-state index contributed by atoms with van der Waals surface area (Å²) < 4.78 is 1.98. The number of para-hydroxylation sites is 1. The number of carboxylic acids is 1. The number of aryl methyl sites for hydroxylation is 1. The van der Waals surface area contributed by atoms with Crippen LogP contribution in [0, 0.1) is 0 Å². The average molecular weight is 232 g/mol. The van der Waals surface area contributed by atoms with E-state index in [9.17, 15) is 9.90 Å². The minimum atomic E-state index is -0.886. The van der Waals surface area contributed by atoms with Crippen LogP contribution in [-0.4, -0.2) is 22.2 Å². The van der Waals surface area contributed by atoms with Gasteiger partial charge in [0.2, 0.25) is 0 Å². The number of carbonyl (C=O) groups is 1. The van der Waals surface area contributed by atoms with Crippen molar-refractivity contribution >= 4 is 16.9 Å². The minimum absolute atomic E-state index is 0.354. The molecule has 1 aromatic heterocycles. The van der Waals surface area contributed by atoms with Crippen LogP contribution in [0.1, 0.15) is 22.8 Å². The number of hydrogen-bond acceptors (Lipinski definition) is 2. The van der Waals surface area contributed by atoms with Gasteiger partial charge < -0.3 is 15.4 Å². The van der Waals surface area contributed by atoms with E-state index in [0.29, 0.717) is 12.1 Å². The number of fused-ring (bicyclic) bond motifs is 1. The molecule has 0 atom stereocenters. The molecule has 1 aromatic carbocycles. The predicted molar refractivity (Wildman–Crippen MR) is 67.3 cm³/mol. The van der Waals surface area contributed by atoms with Crippen LogP contribution >= 0.6 is 0 Å². The van der Waals surface area contributed by atoms with Gasteiger partial charge in [0.25, 0.3) is 0 Å². The topological polar surface area (TPSA) is 68.2 Å². The van der Waals surface area contributed by atoms with E-state index in [1.807, 2.05) is 23.8 Å². The van der Waals surface area contributed by atoms with E-state index < -0.39 is 5.97 Å². The highest BCUT2D eigenvalue weighted by Gasteiger charge is 2.14. The highest BCUT2D eigenvalue weighted by Crippen LogP contribution is 2.25. The summed E-state index contributed by atoms with van der Waals surface area (Å²) in [6, 6.07) is 5.38. The van der Waals surface area contributed by atoms with Crippen LogP contribution in [0.15, 0.2) is 24.4 Å². The zero-order chi connectivity index (χ0) is 12.4. The van der Waals surface area contributed by atoms with Crippen molar-refractivity contribution in [3.8, 4) is 0 Å². The van der Waals surface area contributed by atoms with Gasteiger partial charge in [-0.25, -0.2) is 4.79 Å². The second-order valence-corrected chi connectivity index (χ2v) is 3.99. The Morgan fingerprint density at radius 1 is 1.47 bits per heavy atom. The van der Waals surface area contributed by atoms with E-state index >= 15 is 0 Å². The van der Waals surface area contributed by atoms with Gasteiger partial charge in [0.15, 0.2) is 0 Å². The van der Waals surface area contributed by atoms with Crippen molar-refractivity contribution in [1.29, 1.82) is 0 Å². The molecule has 0 saturated heterocycles. The first-order valence-corrected chi connectivity index (χ1v) is 5.73. The second-order valence-electron chi connectivity index (χ2n) is 3.99. The van der Waals surface area contributed by atoms with Crippen molar-refractivity contribution in [2.45, 2.75) is 19.9 Å². The Bertz CT molecular complexity index is 558. The molecule has 0 unspecified atom stereocenters. The first-order valence-electron chi connectivity index (χ1n) is 5.73. The third-order valence-corrected chi connectivity index (χ3v) is 2.97. The lowest BCUT2D eigenvalue weighted by molar-refractivity contribution is 0.0698. The fourth-order valence-corrected chi connectivity index (χ4v) is 2.21. The molecular weight excluding hydrogens is 216 g/mol. The van der Waals surface area contributed by atoms with Crippen molar-refractivity contribution in [3.63, 3.8) is 0 Å². The van der Waals surface area contributed by atoms with Gasteiger partial charge in [0, 0.05) is 18.1 Å². The summed E-state index contributed by atoms with van der Waals surface area (Å²) in [6.07, 6.45) is 2.77. The van der Waals surface area contributed by atoms with Crippen LogP contribution in [0.25, 0.3) is 10.9 Å². The number of aromatic carboxylic acids is 1. The third-order valence-electron chi connectivity index (χ3n) is 2.97. The minimum Gasteiger partial charge on any atom is -0.478 e. The molecule has 90 valence electrons. The third kappa shape index (κ3) is 1.91. The number of aromatic nitrogens is 1. The number of carboxylic acid groups (broad SMARTS) is 1. The van der Waals surface area contributed by atoms with Crippen molar-refractivity contribution in [1.82, 2.24) is 4.57 Å². The van der Waals surface area contributed by atoms with Crippen molar-refractivity contribution < 1.29 is 9.90 Å². The molecule has 4 nitrogen and oxygen atoms in total. The lowest BCUT2D eigenvalue weighted by Gasteiger charge is -2.03. The Balaban J connectivity index is 2.75. The van der Waals surface area contributed by atoms with Crippen LogP contribution in [0.3, 0.4) is 0 Å². The van der Waals surface area contributed by atoms with Crippen molar-refractivity contribution in [2.24, 2.45) is 5.73 Å². The summed E-state index contributed by atoms with van der Waals surface area (Å²) in [4.78, 5) is 11.2. The summed E-state index contributed by atoms with van der Waals surface area (Å²) in [7, 11) is 0. The normalized spacial score (nSPS) is 10.9. The lowest BCUT2D eigenvalue weighted by Crippen LogP contribution is -2.02. The molecule has 0 fully saturated rings. The Hall–Kier alpha value is -1.81. The fraction of sp³-hybridized carbons (Fsp3) is 0.308. The van der Waals surface area contributed by atoms with E-state index in [-0.39, 0.29) is 0 Å². The SMILES string of the molecule is CCn1cc(CCN)c2cccc(C(=O)O)c21. The highest BCUT2D eigenvalue weighted by atomic mass is 16.4. The molecule has 1 heterocycles. The van der Waals surface area contributed by atoms with Crippen LogP contribution in [0.2, 0.25) is 0 Å². The molecule has 0 aliphatic rings. The van der Waals surface area contributed by atoms with E-state index in [0.717, 1.165) is 29.4 Å². The molecule has 0 aliphatic heterocycles. The molecule has 0 aliphatic carbocycles. The second kappa shape index (κ2) is 4.59. The summed E-state index contributed by atoms with van der Waals surface area (Å²) >= 11 is 0. The standard InChI is InChI=1S/C13H16N2O2/c1-2-15-8-9(6-7-14)10-4-3-5-11(12(10)15)13(16)17/h3-5,8H,2,6-7,14H2,1H3,(H,16,17). The molecule has 3 N–H and O–H groups in total. The Labute approximate surface area is 99.7 Å². The first-order chi connectivity index (χ1) is 8.19. The van der Waals surface area contributed by atoms with E-state index in [1.165, 1.54) is 0 Å². The van der Waals surface area contributed by atoms with E-state index in [2.05, 4.69) is 0 Å². The number of rotatable bonds is 4. The fourth-order valence-electron chi connectivity index (χ4n) is 2.21. The number of nitrogens with zero attached hydrogens (tertiary/aromatic N) is 1. The predicted octanol–water partition coefficient (Wildman–Crippen LogP) is 1.86. The maximum atomic E-state index is 11.2. The summed E-state index contributed by atoms with van der Waals surface area (Å²) in [5, 5.41) is 10.2. The zero-order valence-corrected chi connectivity index (χ0v) is 9.81. The molecule has 0 radical (unpaired) electrons. The van der Waals surface area contributed by atoms with Gasteiger partial charge in [0.05, 0.1) is 11.1 Å². The molecule has 4 heteroatoms. The Kier molecular flexibility index (Phi) is 3.15. The van der Waals surface area contributed by atoms with Crippen LogP contribution in [0.4, 0.5) is 0 Å². The molecule has 0 saturated carbocycles. The summed E-state index contributed by atoms with van der Waals surface area (Å²) in [6.45, 7) is 3.33. The zero-order valence-electron chi connectivity index (χ0n) is 9.81. The van der Waals surface area contributed by atoms with Gasteiger partial charge in [-0.1, -0.05) is 12.1 Å². The van der Waals surface area contributed by atoms with Crippen LogP contribution < -0.4 is 5.73 Å². The summed E-state index contributed by atoms with van der Waals surface area (Å²) in [5.41, 5.74) is 7.84. The van der Waals surface area contributed by atoms with Gasteiger partial charge in [-0.3, -0.25) is 0 Å². The Morgan fingerprint density at radius 3 is 2.82 bits per heavy atom. The molecule has 0 spiro atoms. The van der Waals surface area contributed by atoms with Crippen LogP contribution in [-0.2, 0) is 13.0 Å². The van der Waals surface area contributed by atoms with Crippen LogP contribution in [0.5, 0.6) is 0 Å². The lowest BCUT2D eigenvalue weighted by atomic mass is 10.1. The molecule has 2 rings (SSSR count). The highest BCUT2D eigenvalue weighted by molar-refractivity contribution is 6.03. The van der Waals surface area contributed by atoms with Gasteiger partial charge in [-0.05, 0) is 31.5 Å². The molecule has 0 amide bonds. The molecule has 2 aromatic rings. The smallest absolute Gasteiger partial charge is 0.337 e.